The monoisotopic (exact) mass is 916 g/mol. The van der Waals surface area contributed by atoms with Gasteiger partial charge in [0.1, 0.15) is 0 Å². The van der Waals surface area contributed by atoms with Crippen molar-refractivity contribution in [3.63, 3.8) is 0 Å². The molecule has 1 fully saturated rings. The lowest BCUT2D eigenvalue weighted by molar-refractivity contribution is 0.195. The van der Waals surface area contributed by atoms with Gasteiger partial charge in [0.2, 0.25) is 0 Å². The highest BCUT2D eigenvalue weighted by Gasteiger charge is 2.58. The average molecular weight is 916 g/mol. The predicted molar refractivity (Wildman–Crippen MR) is 301 cm³/mol. The third kappa shape index (κ3) is 7.25. The van der Waals surface area contributed by atoms with Gasteiger partial charge in [-0.15, -0.1) is 0 Å². The van der Waals surface area contributed by atoms with Crippen LogP contribution in [0.3, 0.4) is 0 Å². The van der Waals surface area contributed by atoms with Crippen LogP contribution in [0.1, 0.15) is 150 Å². The minimum Gasteiger partial charge on any atom is -0.334 e. The van der Waals surface area contributed by atoms with E-state index < -0.39 is 8.07 Å². The lowest BCUT2D eigenvalue weighted by Gasteiger charge is -2.51. The van der Waals surface area contributed by atoms with Gasteiger partial charge >= 0.3 is 0 Å². The van der Waals surface area contributed by atoms with Gasteiger partial charge in [-0.1, -0.05) is 188 Å². The second kappa shape index (κ2) is 15.2. The van der Waals surface area contributed by atoms with Gasteiger partial charge in [0.15, 0.2) is 0 Å². The standard InChI is InChI=1S/C63H78BN3Si/c1-58(2,3)41-20-26-45(27-21-41)65-53-31-24-43(60(7,8)9)36-50(53)64-51-37-44(61(10,11)12)25-32-54(51)66(46-28-22-42(23-29-46)59(4,5)6)56-39-47(38-55(65)57(56)64)67-52-33-30-48(68(15,16)17)40-49(52)62(13)34-18-19-35-63(62,67)14/h20-33,36-40H,18-19,34-35H2,1-17H3. The molecule has 0 radical (unpaired) electrons. The molecule has 0 amide bonds. The number of rotatable bonds is 4. The highest BCUT2D eigenvalue weighted by molar-refractivity contribution is 7.00. The second-order valence-electron chi connectivity index (χ2n) is 26.8. The van der Waals surface area contributed by atoms with E-state index in [9.17, 15) is 0 Å². The molecule has 3 nitrogen and oxygen atoms in total. The molecule has 5 heteroatoms. The van der Waals surface area contributed by atoms with Gasteiger partial charge in [-0.25, -0.2) is 0 Å². The van der Waals surface area contributed by atoms with Crippen molar-refractivity contribution in [2.24, 2.45) is 0 Å². The molecule has 6 aromatic carbocycles. The zero-order chi connectivity index (χ0) is 48.9. The molecule has 4 aliphatic rings. The Bertz CT molecular complexity index is 2820. The van der Waals surface area contributed by atoms with Gasteiger partial charge in [0.25, 0.3) is 6.71 Å². The summed E-state index contributed by atoms with van der Waals surface area (Å²) in [5.41, 5.74) is 21.2. The maximum Gasteiger partial charge on any atom is 0.252 e. The largest absolute Gasteiger partial charge is 0.334 e. The molecule has 352 valence electrons. The molecule has 3 aliphatic heterocycles. The van der Waals surface area contributed by atoms with Crippen LogP contribution in [0.25, 0.3) is 0 Å². The van der Waals surface area contributed by atoms with E-state index in [0.717, 1.165) is 6.42 Å². The van der Waals surface area contributed by atoms with E-state index in [2.05, 4.69) is 247 Å². The molecule has 6 aromatic rings. The first-order valence-corrected chi connectivity index (χ1v) is 29.3. The third-order valence-electron chi connectivity index (χ3n) is 17.0. The van der Waals surface area contributed by atoms with Crippen LogP contribution in [-0.2, 0) is 27.1 Å². The van der Waals surface area contributed by atoms with E-state index in [1.54, 1.807) is 10.8 Å². The quantitative estimate of drug-likeness (QED) is 0.163. The van der Waals surface area contributed by atoms with Crippen molar-refractivity contribution < 1.29 is 0 Å². The van der Waals surface area contributed by atoms with Gasteiger partial charge < -0.3 is 14.7 Å². The SMILES string of the molecule is CC(C)(C)c1ccc(N2c3ccc(C(C)(C)C)cc3B3c4cc(C(C)(C)C)ccc4N(c4ccc(C(C)(C)C)cc4)c4cc(N5c6ccc([Si](C)(C)C)cc6C6(C)CCCCC56C)cc2c43)cc1. The van der Waals surface area contributed by atoms with Gasteiger partial charge in [-0.05, 0) is 140 Å². The van der Waals surface area contributed by atoms with Crippen LogP contribution in [0.15, 0.2) is 115 Å². The van der Waals surface area contributed by atoms with Crippen molar-refractivity contribution in [2.45, 2.75) is 175 Å². The Morgan fingerprint density at radius 2 is 0.853 bits per heavy atom. The van der Waals surface area contributed by atoms with Crippen molar-refractivity contribution in [1.82, 2.24) is 0 Å². The summed E-state index contributed by atoms with van der Waals surface area (Å²) in [4.78, 5) is 8.11. The molecule has 2 atom stereocenters. The minimum absolute atomic E-state index is 0.0166. The first-order valence-electron chi connectivity index (χ1n) is 25.8. The molecule has 2 unspecified atom stereocenters. The Morgan fingerprint density at radius 3 is 1.28 bits per heavy atom. The molecule has 0 spiro atoms. The number of nitrogens with zero attached hydrogens (tertiary/aromatic N) is 3. The molecule has 0 aromatic heterocycles. The van der Waals surface area contributed by atoms with Gasteiger partial charge in [0, 0.05) is 50.9 Å². The molecule has 68 heavy (non-hydrogen) atoms. The smallest absolute Gasteiger partial charge is 0.252 e. The molecule has 3 heterocycles. The zero-order valence-corrected chi connectivity index (χ0v) is 45.7. The maximum atomic E-state index is 2.83. The third-order valence-corrected chi connectivity index (χ3v) is 19.0. The van der Waals surface area contributed by atoms with Crippen LogP contribution >= 0.6 is 0 Å². The van der Waals surface area contributed by atoms with Crippen molar-refractivity contribution in [1.29, 1.82) is 0 Å². The maximum absolute atomic E-state index is 2.83. The highest BCUT2D eigenvalue weighted by Crippen LogP contribution is 2.61. The Morgan fingerprint density at radius 1 is 0.441 bits per heavy atom. The summed E-state index contributed by atoms with van der Waals surface area (Å²) in [6.07, 6.45) is 4.86. The summed E-state index contributed by atoms with van der Waals surface area (Å²) in [6, 6.07) is 46.8. The molecular formula is C63H78BN3Si. The Labute approximate surface area is 412 Å². The zero-order valence-electron chi connectivity index (χ0n) is 44.7. The molecule has 0 bridgehead atoms. The molecular weight excluding hydrogens is 838 g/mol. The Kier molecular flexibility index (Phi) is 10.5. The van der Waals surface area contributed by atoms with E-state index in [1.807, 2.05) is 0 Å². The highest BCUT2D eigenvalue weighted by atomic mass is 28.3. The van der Waals surface area contributed by atoms with Crippen molar-refractivity contribution in [3.8, 4) is 0 Å². The van der Waals surface area contributed by atoms with Crippen LogP contribution in [0.4, 0.5) is 45.5 Å². The fourth-order valence-corrected chi connectivity index (χ4v) is 13.6. The summed E-state index contributed by atoms with van der Waals surface area (Å²) >= 11 is 0. The van der Waals surface area contributed by atoms with Crippen molar-refractivity contribution in [3.05, 3.63) is 143 Å². The van der Waals surface area contributed by atoms with E-state index in [1.165, 1.54) is 103 Å². The second-order valence-corrected chi connectivity index (χ2v) is 31.9. The van der Waals surface area contributed by atoms with E-state index in [4.69, 9.17) is 0 Å². The van der Waals surface area contributed by atoms with Crippen LogP contribution in [0.2, 0.25) is 19.6 Å². The van der Waals surface area contributed by atoms with Gasteiger partial charge in [-0.2, -0.15) is 0 Å². The normalized spacial score (nSPS) is 20.2. The van der Waals surface area contributed by atoms with Crippen LogP contribution in [-0.4, -0.2) is 20.3 Å². The molecule has 0 saturated heterocycles. The van der Waals surface area contributed by atoms with E-state index >= 15 is 0 Å². The Balaban J connectivity index is 1.34. The first-order chi connectivity index (χ1) is 31.6. The number of hydrogen-bond acceptors (Lipinski definition) is 3. The summed E-state index contributed by atoms with van der Waals surface area (Å²) in [5.74, 6) is 0. The first kappa shape index (κ1) is 46.7. The molecule has 10 rings (SSSR count). The van der Waals surface area contributed by atoms with Gasteiger partial charge in [-0.3, -0.25) is 0 Å². The average Bonchev–Trinajstić information content (AvgIpc) is 3.47. The predicted octanol–water partition coefficient (Wildman–Crippen LogP) is 15.2. The van der Waals surface area contributed by atoms with E-state index in [0.29, 0.717) is 0 Å². The summed E-state index contributed by atoms with van der Waals surface area (Å²) in [7, 11) is -1.58. The van der Waals surface area contributed by atoms with Crippen molar-refractivity contribution >= 4 is 81.9 Å². The van der Waals surface area contributed by atoms with Gasteiger partial charge in [0.05, 0.1) is 13.6 Å². The molecule has 1 saturated carbocycles. The fourth-order valence-electron chi connectivity index (χ4n) is 12.4. The minimum atomic E-state index is -1.58. The number of benzene rings is 6. The summed E-state index contributed by atoms with van der Waals surface area (Å²) < 4.78 is 0. The Hall–Kier alpha value is -5.00. The van der Waals surface area contributed by atoms with E-state index in [-0.39, 0.29) is 39.3 Å². The topological polar surface area (TPSA) is 9.72 Å². The van der Waals surface area contributed by atoms with Crippen LogP contribution < -0.4 is 36.3 Å². The fraction of sp³-hybridized carbons (Fsp3) is 0.429. The van der Waals surface area contributed by atoms with Crippen molar-refractivity contribution in [2.75, 3.05) is 14.7 Å². The van der Waals surface area contributed by atoms with Crippen LogP contribution in [0.5, 0.6) is 0 Å². The lowest BCUT2D eigenvalue weighted by atomic mass is 9.33. The van der Waals surface area contributed by atoms with Crippen LogP contribution in [0, 0.1) is 0 Å². The summed E-state index contributed by atoms with van der Waals surface area (Å²) in [6.45, 7) is 40.9. The number of hydrogen-bond donors (Lipinski definition) is 0. The number of anilines is 8. The number of fused-ring (bicyclic) bond motifs is 7. The molecule has 1 aliphatic carbocycles. The molecule has 0 N–H and O–H groups in total. The summed E-state index contributed by atoms with van der Waals surface area (Å²) in [5, 5.41) is 1.56. The lowest BCUT2D eigenvalue weighted by Crippen LogP contribution is -2.62.